The lowest BCUT2D eigenvalue weighted by molar-refractivity contribution is -0.148. The number of carbonyl (C=O) groups is 2. The van der Waals surface area contributed by atoms with E-state index in [1.54, 1.807) is 26.3 Å². The van der Waals surface area contributed by atoms with Crippen LogP contribution in [0.15, 0.2) is 48.6 Å². The van der Waals surface area contributed by atoms with Gasteiger partial charge in [0.2, 0.25) is 15.9 Å². The van der Waals surface area contributed by atoms with Gasteiger partial charge < -0.3 is 29.1 Å². The average Bonchev–Trinajstić information content (AvgIpc) is 3.09. The van der Waals surface area contributed by atoms with Gasteiger partial charge in [0.15, 0.2) is 5.60 Å². The summed E-state index contributed by atoms with van der Waals surface area (Å²) in [6.45, 7) is 1.82. The molecule has 5 rings (SSSR count). The van der Waals surface area contributed by atoms with Crippen molar-refractivity contribution in [1.82, 2.24) is 9.62 Å². The van der Waals surface area contributed by atoms with Crippen molar-refractivity contribution in [2.75, 3.05) is 58.2 Å². The number of hydrogen-bond acceptors (Lipinski definition) is 9. The Kier molecular flexibility index (Phi) is 12.3. The smallest absolute Gasteiger partial charge is 0.270 e. The number of hydrogen-bond donors (Lipinski definition) is 2. The van der Waals surface area contributed by atoms with Crippen LogP contribution in [-0.2, 0) is 47.7 Å². The molecule has 2 N–H and O–H groups in total. The molecule has 2 aromatic carbocycles. The van der Waals surface area contributed by atoms with Gasteiger partial charge in [-0.1, -0.05) is 35.9 Å². The lowest BCUT2D eigenvalue weighted by Crippen LogP contribution is -2.50. The van der Waals surface area contributed by atoms with Crippen molar-refractivity contribution < 1.29 is 37.3 Å². The van der Waals surface area contributed by atoms with Crippen LogP contribution in [0.5, 0.6) is 5.75 Å². The number of sulfonamides is 1. The van der Waals surface area contributed by atoms with E-state index in [2.05, 4.69) is 11.0 Å². The number of ether oxygens (including phenoxy) is 3. The van der Waals surface area contributed by atoms with Crippen LogP contribution < -0.4 is 14.4 Å². The Balaban J connectivity index is 1.61. The zero-order valence-corrected chi connectivity index (χ0v) is 30.1. The Morgan fingerprint density at radius 1 is 1.12 bits per heavy atom. The molecule has 2 amide bonds. The molecule has 1 fully saturated rings. The highest BCUT2D eigenvalue weighted by Crippen LogP contribution is 2.42. The zero-order chi connectivity index (χ0) is 35.2. The van der Waals surface area contributed by atoms with Gasteiger partial charge in [0.05, 0.1) is 30.6 Å². The number of aliphatic hydroxyl groups is 1. The largest absolute Gasteiger partial charge is 0.487 e. The Hall–Kier alpha value is -3.16. The number of nitrogens with zero attached hydrogens (tertiary/aromatic N) is 2. The van der Waals surface area contributed by atoms with Gasteiger partial charge in [0, 0.05) is 45.9 Å². The van der Waals surface area contributed by atoms with Gasteiger partial charge in [0.1, 0.15) is 12.4 Å². The van der Waals surface area contributed by atoms with Crippen molar-refractivity contribution in [2.24, 2.45) is 11.8 Å². The second kappa shape index (κ2) is 16.2. The van der Waals surface area contributed by atoms with Gasteiger partial charge in [-0.25, -0.2) is 8.42 Å². The predicted molar refractivity (Wildman–Crippen MR) is 188 cm³/mol. The highest BCUT2D eigenvalue weighted by molar-refractivity contribution is 7.90. The topological polar surface area (TPSA) is 135 Å². The van der Waals surface area contributed by atoms with Crippen LogP contribution in [0.2, 0.25) is 5.02 Å². The summed E-state index contributed by atoms with van der Waals surface area (Å²) in [5.41, 5.74) is 0.388. The molecule has 3 aliphatic rings. The predicted octanol–water partition coefficient (Wildman–Crippen LogP) is 4.19. The summed E-state index contributed by atoms with van der Waals surface area (Å²) in [7, 11) is 0.495. The van der Waals surface area contributed by atoms with Gasteiger partial charge in [-0.15, -0.1) is 0 Å². The quantitative estimate of drug-likeness (QED) is 0.422. The molecule has 49 heavy (non-hydrogen) atoms. The van der Waals surface area contributed by atoms with Crippen molar-refractivity contribution in [3.8, 4) is 5.75 Å². The number of fused-ring (bicyclic) bond motifs is 3. The maximum atomic E-state index is 13.8. The van der Waals surface area contributed by atoms with E-state index in [1.165, 1.54) is 18.1 Å². The summed E-state index contributed by atoms with van der Waals surface area (Å²) >= 11 is 6.35. The highest BCUT2D eigenvalue weighted by atomic mass is 35.5. The van der Waals surface area contributed by atoms with Gasteiger partial charge in [0.25, 0.3) is 5.91 Å². The molecule has 1 saturated carbocycles. The monoisotopic (exact) mass is 717 g/mol. The number of amides is 2. The summed E-state index contributed by atoms with van der Waals surface area (Å²) in [6, 6.07) is 10.7. The van der Waals surface area contributed by atoms with Crippen LogP contribution in [0.25, 0.3) is 0 Å². The molecule has 268 valence electrons. The molecule has 0 saturated heterocycles. The van der Waals surface area contributed by atoms with Crippen molar-refractivity contribution >= 4 is 39.1 Å². The van der Waals surface area contributed by atoms with E-state index in [-0.39, 0.29) is 24.9 Å². The molecule has 2 heterocycles. The third-order valence-corrected chi connectivity index (χ3v) is 11.5. The lowest BCUT2D eigenvalue weighted by Gasteiger charge is -2.43. The van der Waals surface area contributed by atoms with Crippen molar-refractivity contribution in [2.45, 2.75) is 63.3 Å². The van der Waals surface area contributed by atoms with Crippen LogP contribution in [0.1, 0.15) is 55.2 Å². The summed E-state index contributed by atoms with van der Waals surface area (Å²) in [4.78, 5) is 31.1. The second-order valence-corrected chi connectivity index (χ2v) is 15.6. The first-order valence-corrected chi connectivity index (χ1v) is 19.0. The second-order valence-electron chi connectivity index (χ2n) is 13.3. The molecular weight excluding hydrogens is 670 g/mol. The SMILES string of the molecule is COCCS(=O)(=O)NC(=O)[C@@]1(O)CC(=O)N(C)CC/C=C/[C@H](OC)[C@@H]2CC[C@H]2CN2CCCCc3cc(Cl)ccc3COc3ccc1cc32. The number of aryl methyl sites for hydroxylation is 1. The minimum Gasteiger partial charge on any atom is -0.487 e. The maximum absolute atomic E-state index is 13.8. The summed E-state index contributed by atoms with van der Waals surface area (Å²) < 4.78 is 44.9. The number of methoxy groups -OCH3 is 2. The first kappa shape index (κ1) is 37.1. The van der Waals surface area contributed by atoms with Crippen LogP contribution in [0.4, 0.5) is 5.69 Å². The molecule has 0 aromatic heterocycles. The Morgan fingerprint density at radius 2 is 1.94 bits per heavy atom. The standard InChI is InChI=1S/C36H48ClN3O8S/c1-39-16-6-5-9-32(47-3)30-14-11-26(30)23-40-17-7-4-8-25-20-29(37)13-10-27(25)24-48-33-15-12-28(21-31(33)40)36(43,22-34(39)41)35(42)38-49(44,45)19-18-46-2/h5,9-10,12-13,15,20-21,26,30,32,43H,4,6-8,11,14,16-19,22-24H2,1-3H3,(H,38,42)/b9-5+/t26-,30+,32-,36+/m0/s1. The normalized spacial score (nSPS) is 25.9. The van der Waals surface area contributed by atoms with E-state index in [0.717, 1.165) is 43.2 Å². The fraction of sp³-hybridized carbons (Fsp3) is 0.556. The van der Waals surface area contributed by atoms with Gasteiger partial charge >= 0.3 is 0 Å². The van der Waals surface area contributed by atoms with Gasteiger partial charge in [-0.3, -0.25) is 14.3 Å². The molecular formula is C36H48ClN3O8S. The Morgan fingerprint density at radius 3 is 2.67 bits per heavy atom. The number of halogens is 1. The molecule has 11 nitrogen and oxygen atoms in total. The van der Waals surface area contributed by atoms with E-state index >= 15 is 0 Å². The molecule has 2 bridgehead atoms. The van der Waals surface area contributed by atoms with Crippen LogP contribution in [0.3, 0.4) is 0 Å². The van der Waals surface area contributed by atoms with Gasteiger partial charge in [-0.05, 0) is 91.3 Å². The average molecular weight is 718 g/mol. The van der Waals surface area contributed by atoms with E-state index in [9.17, 15) is 23.1 Å². The number of nitrogens with one attached hydrogen (secondary N) is 1. The van der Waals surface area contributed by atoms with Crippen LogP contribution >= 0.6 is 11.6 Å². The maximum Gasteiger partial charge on any atom is 0.270 e. The molecule has 2 aromatic rings. The van der Waals surface area contributed by atoms with Crippen LogP contribution in [-0.4, -0.2) is 89.6 Å². The van der Waals surface area contributed by atoms with E-state index in [4.69, 9.17) is 25.8 Å². The van der Waals surface area contributed by atoms with Crippen LogP contribution in [0, 0.1) is 11.8 Å². The summed E-state index contributed by atoms with van der Waals surface area (Å²) in [5, 5.41) is 12.9. The molecule has 13 heteroatoms. The van der Waals surface area contributed by atoms with Crippen molar-refractivity contribution in [3.63, 3.8) is 0 Å². The zero-order valence-electron chi connectivity index (χ0n) is 28.5. The number of rotatable bonds is 6. The summed E-state index contributed by atoms with van der Waals surface area (Å²) in [5.74, 6) is -1.05. The first-order chi connectivity index (χ1) is 23.4. The Bertz CT molecular complexity index is 1640. The molecule has 0 spiro atoms. The number of benzene rings is 2. The third-order valence-electron chi connectivity index (χ3n) is 10.0. The molecule has 4 atom stereocenters. The van der Waals surface area contributed by atoms with E-state index < -0.39 is 39.6 Å². The van der Waals surface area contributed by atoms with Crippen molar-refractivity contribution in [3.05, 3.63) is 70.3 Å². The van der Waals surface area contributed by atoms with Crippen molar-refractivity contribution in [1.29, 1.82) is 0 Å². The molecule has 0 radical (unpaired) electrons. The van der Waals surface area contributed by atoms with Gasteiger partial charge in [-0.2, -0.15) is 0 Å². The summed E-state index contributed by atoms with van der Waals surface area (Å²) in [6.07, 6.45) is 8.54. The number of anilines is 1. The molecule has 2 aliphatic heterocycles. The van der Waals surface area contributed by atoms with E-state index in [1.807, 2.05) is 29.0 Å². The minimum atomic E-state index is -4.18. The third kappa shape index (κ3) is 8.96. The van der Waals surface area contributed by atoms with E-state index in [0.29, 0.717) is 54.4 Å². The first-order valence-electron chi connectivity index (χ1n) is 16.9. The fourth-order valence-electron chi connectivity index (χ4n) is 6.89. The molecule has 0 unspecified atom stereocenters. The minimum absolute atomic E-state index is 0.0632. The highest BCUT2D eigenvalue weighted by Gasteiger charge is 2.44. The number of carbonyl (C=O) groups excluding carboxylic acids is 2. The molecule has 1 aliphatic carbocycles. The Labute approximate surface area is 294 Å². The fourth-order valence-corrected chi connectivity index (χ4v) is 8.02. The lowest BCUT2D eigenvalue weighted by atomic mass is 9.70.